The van der Waals surface area contributed by atoms with Crippen molar-refractivity contribution >= 4 is 5.91 Å². The monoisotopic (exact) mass is 342 g/mol. The number of morpholine rings is 1. The molecular weight excluding hydrogens is 320 g/mol. The maximum atomic E-state index is 12.8. The SMILES string of the molecule is COc1ccc(-n2cc(C(=O)N3CC(C)OC(C)C3)ccc2=O)cc1. The van der Waals surface area contributed by atoms with Crippen LogP contribution < -0.4 is 10.3 Å². The third-order valence-electron chi connectivity index (χ3n) is 4.22. The maximum Gasteiger partial charge on any atom is 0.255 e. The van der Waals surface area contributed by atoms with Crippen LogP contribution in [0.1, 0.15) is 24.2 Å². The molecule has 1 aromatic heterocycles. The molecule has 0 spiro atoms. The van der Waals surface area contributed by atoms with Crippen LogP contribution in [0.2, 0.25) is 0 Å². The molecule has 0 radical (unpaired) electrons. The highest BCUT2D eigenvalue weighted by Crippen LogP contribution is 2.16. The average molecular weight is 342 g/mol. The minimum absolute atomic E-state index is 0.000179. The van der Waals surface area contributed by atoms with Crippen molar-refractivity contribution < 1.29 is 14.3 Å². The van der Waals surface area contributed by atoms with Gasteiger partial charge < -0.3 is 14.4 Å². The fraction of sp³-hybridized carbons (Fsp3) is 0.368. The Balaban J connectivity index is 1.90. The Morgan fingerprint density at radius 3 is 2.32 bits per heavy atom. The van der Waals surface area contributed by atoms with Crippen molar-refractivity contribution in [2.45, 2.75) is 26.1 Å². The third kappa shape index (κ3) is 3.74. The average Bonchev–Trinajstić information content (AvgIpc) is 2.61. The van der Waals surface area contributed by atoms with Gasteiger partial charge in [0.25, 0.3) is 11.5 Å². The van der Waals surface area contributed by atoms with Crippen molar-refractivity contribution in [1.29, 1.82) is 0 Å². The van der Waals surface area contributed by atoms with Gasteiger partial charge in [0, 0.05) is 31.0 Å². The first-order valence-electron chi connectivity index (χ1n) is 8.30. The molecule has 132 valence electrons. The number of hydrogen-bond acceptors (Lipinski definition) is 4. The van der Waals surface area contributed by atoms with Crippen LogP contribution in [-0.4, -0.2) is 47.8 Å². The Bertz CT molecular complexity index is 803. The summed E-state index contributed by atoms with van der Waals surface area (Å²) in [5.74, 6) is 0.615. The fourth-order valence-electron chi connectivity index (χ4n) is 3.08. The molecule has 1 aliphatic heterocycles. The van der Waals surface area contributed by atoms with Crippen molar-refractivity contribution in [3.63, 3.8) is 0 Å². The van der Waals surface area contributed by atoms with E-state index in [0.717, 1.165) is 0 Å². The second kappa shape index (κ2) is 7.11. The number of aromatic nitrogens is 1. The van der Waals surface area contributed by atoms with Gasteiger partial charge in [-0.2, -0.15) is 0 Å². The lowest BCUT2D eigenvalue weighted by Crippen LogP contribution is -2.48. The molecule has 2 heterocycles. The summed E-state index contributed by atoms with van der Waals surface area (Å²) in [5, 5.41) is 0. The number of nitrogens with zero attached hydrogens (tertiary/aromatic N) is 2. The van der Waals surface area contributed by atoms with E-state index in [4.69, 9.17) is 9.47 Å². The minimum atomic E-state index is -0.189. The molecule has 1 amide bonds. The Morgan fingerprint density at radius 1 is 1.08 bits per heavy atom. The number of methoxy groups -OCH3 is 1. The highest BCUT2D eigenvalue weighted by atomic mass is 16.5. The number of carbonyl (C=O) groups excluding carboxylic acids is 1. The molecule has 3 rings (SSSR count). The quantitative estimate of drug-likeness (QED) is 0.857. The molecule has 1 fully saturated rings. The van der Waals surface area contributed by atoms with E-state index in [1.54, 1.807) is 48.5 Å². The standard InChI is InChI=1S/C19H22N2O4/c1-13-10-20(11-14(2)25-13)19(23)15-4-9-18(22)21(12-15)16-5-7-17(24-3)8-6-16/h4-9,12-14H,10-11H2,1-3H3. The lowest BCUT2D eigenvalue weighted by Gasteiger charge is -2.35. The van der Waals surface area contributed by atoms with Crippen molar-refractivity contribution in [1.82, 2.24) is 9.47 Å². The van der Waals surface area contributed by atoms with Gasteiger partial charge in [-0.15, -0.1) is 0 Å². The molecule has 25 heavy (non-hydrogen) atoms. The molecule has 0 N–H and O–H groups in total. The van der Waals surface area contributed by atoms with Crippen LogP contribution in [-0.2, 0) is 4.74 Å². The largest absolute Gasteiger partial charge is 0.497 e. The zero-order chi connectivity index (χ0) is 18.0. The molecule has 1 saturated heterocycles. The van der Waals surface area contributed by atoms with E-state index < -0.39 is 0 Å². The molecular formula is C19H22N2O4. The summed E-state index contributed by atoms with van der Waals surface area (Å²) >= 11 is 0. The zero-order valence-electron chi connectivity index (χ0n) is 14.6. The number of benzene rings is 1. The number of hydrogen-bond donors (Lipinski definition) is 0. The van der Waals surface area contributed by atoms with Crippen LogP contribution in [0.3, 0.4) is 0 Å². The van der Waals surface area contributed by atoms with E-state index in [1.165, 1.54) is 10.6 Å². The van der Waals surface area contributed by atoms with Gasteiger partial charge in [0.15, 0.2) is 0 Å². The van der Waals surface area contributed by atoms with Crippen LogP contribution in [0.5, 0.6) is 5.75 Å². The summed E-state index contributed by atoms with van der Waals surface area (Å²) in [5.41, 5.74) is 0.978. The number of carbonyl (C=O) groups is 1. The van der Waals surface area contributed by atoms with Crippen molar-refractivity contribution in [2.75, 3.05) is 20.2 Å². The van der Waals surface area contributed by atoms with Crippen LogP contribution in [0.4, 0.5) is 0 Å². The van der Waals surface area contributed by atoms with E-state index in [9.17, 15) is 9.59 Å². The van der Waals surface area contributed by atoms with Crippen molar-refractivity contribution in [3.8, 4) is 11.4 Å². The Labute approximate surface area is 146 Å². The summed E-state index contributed by atoms with van der Waals surface area (Å²) in [6, 6.07) is 10.1. The minimum Gasteiger partial charge on any atom is -0.497 e. The van der Waals surface area contributed by atoms with Gasteiger partial charge in [0.05, 0.1) is 24.9 Å². The normalized spacial score (nSPS) is 20.4. The summed E-state index contributed by atoms with van der Waals surface area (Å²) < 4.78 is 12.3. The highest BCUT2D eigenvalue weighted by Gasteiger charge is 2.26. The van der Waals surface area contributed by atoms with E-state index in [1.807, 2.05) is 13.8 Å². The molecule has 0 bridgehead atoms. The molecule has 2 atom stereocenters. The van der Waals surface area contributed by atoms with Gasteiger partial charge in [-0.25, -0.2) is 0 Å². The molecule has 6 nitrogen and oxygen atoms in total. The van der Waals surface area contributed by atoms with E-state index in [0.29, 0.717) is 30.1 Å². The van der Waals surface area contributed by atoms with Gasteiger partial charge in [-0.3, -0.25) is 14.2 Å². The molecule has 2 aromatic rings. The predicted molar refractivity (Wildman–Crippen MR) is 94.5 cm³/mol. The lowest BCUT2D eigenvalue weighted by molar-refractivity contribution is -0.0586. The molecule has 1 aliphatic rings. The van der Waals surface area contributed by atoms with E-state index in [-0.39, 0.29) is 23.7 Å². The number of rotatable bonds is 3. The topological polar surface area (TPSA) is 60.8 Å². The first-order chi connectivity index (χ1) is 12.0. The van der Waals surface area contributed by atoms with Crippen molar-refractivity contribution in [3.05, 3.63) is 58.5 Å². The first kappa shape index (κ1) is 17.2. The summed E-state index contributed by atoms with van der Waals surface area (Å²) in [6.45, 7) is 5.00. The molecule has 2 unspecified atom stereocenters. The van der Waals surface area contributed by atoms with Crippen LogP contribution in [0, 0.1) is 0 Å². The predicted octanol–water partition coefficient (Wildman–Crippen LogP) is 2.10. The van der Waals surface area contributed by atoms with Gasteiger partial charge >= 0.3 is 0 Å². The molecule has 0 saturated carbocycles. The number of ether oxygens (including phenoxy) is 2. The summed E-state index contributed by atoms with van der Waals surface area (Å²) in [6.07, 6.45) is 1.59. The zero-order valence-corrected chi connectivity index (χ0v) is 14.6. The Kier molecular flexibility index (Phi) is 4.90. The highest BCUT2D eigenvalue weighted by molar-refractivity contribution is 5.94. The molecule has 1 aromatic carbocycles. The molecule has 6 heteroatoms. The van der Waals surface area contributed by atoms with Gasteiger partial charge in [0.1, 0.15) is 5.75 Å². The number of amides is 1. The number of pyridine rings is 1. The van der Waals surface area contributed by atoms with Crippen molar-refractivity contribution in [2.24, 2.45) is 0 Å². The van der Waals surface area contributed by atoms with E-state index >= 15 is 0 Å². The Hall–Kier alpha value is -2.60. The summed E-state index contributed by atoms with van der Waals surface area (Å²) in [7, 11) is 1.59. The summed E-state index contributed by atoms with van der Waals surface area (Å²) in [4.78, 5) is 26.8. The second-order valence-corrected chi connectivity index (χ2v) is 6.29. The molecule has 0 aliphatic carbocycles. The fourth-order valence-corrected chi connectivity index (χ4v) is 3.08. The lowest BCUT2D eigenvalue weighted by atomic mass is 10.1. The maximum absolute atomic E-state index is 12.8. The Morgan fingerprint density at radius 2 is 1.72 bits per heavy atom. The van der Waals surface area contributed by atoms with Gasteiger partial charge in [-0.05, 0) is 44.2 Å². The van der Waals surface area contributed by atoms with Crippen LogP contribution >= 0.6 is 0 Å². The van der Waals surface area contributed by atoms with Crippen LogP contribution in [0.15, 0.2) is 47.4 Å². The third-order valence-corrected chi connectivity index (χ3v) is 4.22. The van der Waals surface area contributed by atoms with Gasteiger partial charge in [-0.1, -0.05) is 0 Å². The first-order valence-corrected chi connectivity index (χ1v) is 8.30. The van der Waals surface area contributed by atoms with Gasteiger partial charge in [0.2, 0.25) is 0 Å². The van der Waals surface area contributed by atoms with Crippen LogP contribution in [0.25, 0.3) is 5.69 Å². The smallest absolute Gasteiger partial charge is 0.255 e. The van der Waals surface area contributed by atoms with E-state index in [2.05, 4.69) is 0 Å². The second-order valence-electron chi connectivity index (χ2n) is 6.29.